The van der Waals surface area contributed by atoms with Gasteiger partial charge in [-0.15, -0.1) is 0 Å². The second kappa shape index (κ2) is 9.47. The van der Waals surface area contributed by atoms with E-state index in [1.54, 1.807) is 0 Å². The van der Waals surface area contributed by atoms with Crippen LogP contribution in [0.5, 0.6) is 0 Å². The van der Waals surface area contributed by atoms with E-state index in [0.29, 0.717) is 12.1 Å². The monoisotopic (exact) mass is 465 g/mol. The predicted molar refractivity (Wildman–Crippen MR) is 119 cm³/mol. The van der Waals surface area contributed by atoms with Crippen molar-refractivity contribution in [1.29, 1.82) is 0 Å². The van der Waals surface area contributed by atoms with Crippen molar-refractivity contribution >= 4 is 25.8 Å². The van der Waals surface area contributed by atoms with Gasteiger partial charge < -0.3 is 10.2 Å². The van der Waals surface area contributed by atoms with Crippen LogP contribution in [-0.4, -0.2) is 59.3 Å². The molecule has 1 heterocycles. The lowest BCUT2D eigenvalue weighted by atomic mass is 10.1. The van der Waals surface area contributed by atoms with Crippen molar-refractivity contribution in [3.63, 3.8) is 0 Å². The zero-order valence-corrected chi connectivity index (χ0v) is 19.2. The topological polar surface area (TPSA) is 113 Å². The van der Waals surface area contributed by atoms with Gasteiger partial charge in [0.05, 0.1) is 16.4 Å². The first-order valence-electron chi connectivity index (χ1n) is 9.88. The Bertz CT molecular complexity index is 1130. The Hall–Kier alpha value is -2.27. The molecule has 2 aromatic rings. The van der Waals surface area contributed by atoms with E-state index in [4.69, 9.17) is 0 Å². The van der Waals surface area contributed by atoms with Crippen LogP contribution in [-0.2, 0) is 33.0 Å². The van der Waals surface area contributed by atoms with Crippen LogP contribution in [0.15, 0.2) is 53.4 Å². The molecule has 0 spiro atoms. The highest BCUT2D eigenvalue weighted by atomic mass is 32.2. The molecule has 1 aliphatic rings. The number of amides is 1. The van der Waals surface area contributed by atoms with Crippen molar-refractivity contribution in [2.45, 2.75) is 30.4 Å². The molecule has 1 fully saturated rings. The van der Waals surface area contributed by atoms with E-state index in [1.807, 2.05) is 38.4 Å². The summed E-state index contributed by atoms with van der Waals surface area (Å²) in [5, 5.41) is 2.82. The lowest BCUT2D eigenvalue weighted by molar-refractivity contribution is 0.0951. The van der Waals surface area contributed by atoms with E-state index in [-0.39, 0.29) is 28.7 Å². The number of sulfone groups is 1. The molecule has 3 rings (SSSR count). The molecular weight excluding hydrogens is 438 g/mol. The minimum atomic E-state index is -3.85. The van der Waals surface area contributed by atoms with Gasteiger partial charge >= 0.3 is 0 Å². The Kier molecular flexibility index (Phi) is 7.15. The minimum Gasteiger partial charge on any atom is -0.348 e. The van der Waals surface area contributed by atoms with Crippen molar-refractivity contribution in [2.75, 3.05) is 25.6 Å². The molecule has 1 unspecified atom stereocenters. The Morgan fingerprint density at radius 1 is 1.03 bits per heavy atom. The van der Waals surface area contributed by atoms with Crippen molar-refractivity contribution < 1.29 is 21.6 Å². The highest BCUT2D eigenvalue weighted by Crippen LogP contribution is 2.16. The fraction of sp³-hybridized carbons (Fsp3) is 0.381. The molecule has 0 saturated carbocycles. The molecule has 1 aliphatic heterocycles. The summed E-state index contributed by atoms with van der Waals surface area (Å²) in [6, 6.07) is 12.9. The molecule has 31 heavy (non-hydrogen) atoms. The molecule has 1 amide bonds. The van der Waals surface area contributed by atoms with Gasteiger partial charge in [0.25, 0.3) is 5.91 Å². The third-order valence-electron chi connectivity index (χ3n) is 4.96. The number of carbonyl (C=O) groups is 1. The van der Waals surface area contributed by atoms with Gasteiger partial charge in [-0.05, 0) is 55.9 Å². The van der Waals surface area contributed by atoms with Gasteiger partial charge in [-0.2, -0.15) is 0 Å². The zero-order chi connectivity index (χ0) is 22.6. The molecule has 1 atom stereocenters. The number of rotatable bonds is 8. The summed E-state index contributed by atoms with van der Waals surface area (Å²) in [7, 11) is -3.04. The van der Waals surface area contributed by atoms with E-state index in [1.165, 1.54) is 29.8 Å². The lowest BCUT2D eigenvalue weighted by Crippen LogP contribution is -2.35. The fourth-order valence-electron chi connectivity index (χ4n) is 3.37. The molecule has 168 valence electrons. The average Bonchev–Trinajstić information content (AvgIpc) is 3.04. The van der Waals surface area contributed by atoms with Crippen LogP contribution in [0.1, 0.15) is 27.9 Å². The van der Waals surface area contributed by atoms with Crippen LogP contribution in [0, 0.1) is 0 Å². The maximum Gasteiger partial charge on any atom is 0.251 e. The summed E-state index contributed by atoms with van der Waals surface area (Å²) < 4.78 is 50.4. The molecule has 0 aliphatic carbocycles. The van der Waals surface area contributed by atoms with Crippen LogP contribution in [0.25, 0.3) is 0 Å². The normalized spacial score (nSPS) is 18.2. The summed E-state index contributed by atoms with van der Waals surface area (Å²) >= 11 is 0. The first kappa shape index (κ1) is 23.4. The minimum absolute atomic E-state index is 0.00942. The Morgan fingerprint density at radius 3 is 2.19 bits per heavy atom. The molecule has 2 aromatic carbocycles. The maximum absolute atomic E-state index is 12.5. The standard InChI is InChI=1S/C21H27N3O5S2/c1-24(2)14-17-5-3-16(4-6-17)13-22-21(25)18-7-9-20(10-8-18)31(28,29)23-19-11-12-30(26,27)15-19/h3-10,19,23H,11-15H2,1-2H3,(H,22,25). The SMILES string of the molecule is CN(C)Cc1ccc(CNC(=O)c2ccc(S(=O)(=O)NC3CCS(=O)(=O)C3)cc2)cc1. The highest BCUT2D eigenvalue weighted by Gasteiger charge is 2.31. The summed E-state index contributed by atoms with van der Waals surface area (Å²) in [6.07, 6.45) is 0.262. The number of sulfonamides is 1. The zero-order valence-electron chi connectivity index (χ0n) is 17.5. The number of nitrogens with one attached hydrogen (secondary N) is 2. The second-order valence-electron chi connectivity index (χ2n) is 7.98. The highest BCUT2D eigenvalue weighted by molar-refractivity contribution is 7.92. The number of carbonyl (C=O) groups excluding carboxylic acids is 1. The molecule has 0 radical (unpaired) electrons. The van der Waals surface area contributed by atoms with E-state index in [2.05, 4.69) is 14.9 Å². The molecule has 1 saturated heterocycles. The molecule has 0 bridgehead atoms. The Labute approximate surface area is 183 Å². The quantitative estimate of drug-likeness (QED) is 0.605. The number of hydrogen-bond acceptors (Lipinski definition) is 6. The third kappa shape index (κ3) is 6.60. The predicted octanol–water partition coefficient (Wildman–Crippen LogP) is 1.14. The van der Waals surface area contributed by atoms with Crippen LogP contribution < -0.4 is 10.0 Å². The van der Waals surface area contributed by atoms with Gasteiger partial charge in [-0.3, -0.25) is 4.79 Å². The fourth-order valence-corrected chi connectivity index (χ4v) is 6.42. The van der Waals surface area contributed by atoms with Crippen LogP contribution in [0.2, 0.25) is 0 Å². The maximum atomic E-state index is 12.5. The van der Waals surface area contributed by atoms with Gasteiger partial charge in [0, 0.05) is 24.7 Å². The average molecular weight is 466 g/mol. The van der Waals surface area contributed by atoms with Crippen LogP contribution in [0.4, 0.5) is 0 Å². The lowest BCUT2D eigenvalue weighted by Gasteiger charge is -2.12. The van der Waals surface area contributed by atoms with E-state index in [0.717, 1.165) is 12.1 Å². The summed E-state index contributed by atoms with van der Waals surface area (Å²) in [6.45, 7) is 1.20. The molecule has 0 aromatic heterocycles. The van der Waals surface area contributed by atoms with Crippen molar-refractivity contribution in [2.24, 2.45) is 0 Å². The van der Waals surface area contributed by atoms with Gasteiger partial charge in [0.1, 0.15) is 0 Å². The van der Waals surface area contributed by atoms with Crippen molar-refractivity contribution in [3.05, 3.63) is 65.2 Å². The second-order valence-corrected chi connectivity index (χ2v) is 11.9. The largest absolute Gasteiger partial charge is 0.348 e. The number of benzene rings is 2. The summed E-state index contributed by atoms with van der Waals surface area (Å²) in [4.78, 5) is 14.5. The van der Waals surface area contributed by atoms with E-state index in [9.17, 15) is 21.6 Å². The van der Waals surface area contributed by atoms with Crippen LogP contribution in [0.3, 0.4) is 0 Å². The summed E-state index contributed by atoms with van der Waals surface area (Å²) in [5.74, 6) is -0.517. The van der Waals surface area contributed by atoms with Gasteiger partial charge in [0.2, 0.25) is 10.0 Å². The smallest absolute Gasteiger partial charge is 0.251 e. The van der Waals surface area contributed by atoms with Gasteiger partial charge in [-0.25, -0.2) is 21.6 Å². The first-order valence-corrected chi connectivity index (χ1v) is 13.2. The van der Waals surface area contributed by atoms with Crippen molar-refractivity contribution in [3.8, 4) is 0 Å². The molecule has 8 nitrogen and oxygen atoms in total. The van der Waals surface area contributed by atoms with Crippen molar-refractivity contribution in [1.82, 2.24) is 14.9 Å². The van der Waals surface area contributed by atoms with Crippen LogP contribution >= 0.6 is 0 Å². The number of hydrogen-bond donors (Lipinski definition) is 2. The molecular formula is C21H27N3O5S2. The Morgan fingerprint density at radius 2 is 1.65 bits per heavy atom. The summed E-state index contributed by atoms with van der Waals surface area (Å²) in [5.41, 5.74) is 2.48. The van der Waals surface area contributed by atoms with Gasteiger partial charge in [-0.1, -0.05) is 24.3 Å². The van der Waals surface area contributed by atoms with Gasteiger partial charge in [0.15, 0.2) is 9.84 Å². The number of nitrogens with zero attached hydrogens (tertiary/aromatic N) is 1. The van der Waals surface area contributed by atoms with E-state index >= 15 is 0 Å². The Balaban J connectivity index is 1.57. The third-order valence-corrected chi connectivity index (χ3v) is 8.26. The first-order chi connectivity index (χ1) is 14.5. The molecule has 10 heteroatoms. The molecule has 2 N–H and O–H groups in total. The van der Waals surface area contributed by atoms with E-state index < -0.39 is 25.9 Å².